The van der Waals surface area contributed by atoms with Crippen LogP contribution in [0, 0.1) is 0 Å². The molecule has 0 spiro atoms. The number of fused-ring (bicyclic) bond motifs is 1. The smallest absolute Gasteiger partial charge is 0.226 e. The number of nitrogens with zero attached hydrogens (tertiary/aromatic N) is 4. The van der Waals surface area contributed by atoms with Gasteiger partial charge in [0, 0.05) is 13.6 Å². The molecule has 6 nitrogen and oxygen atoms in total. The molecule has 0 saturated carbocycles. The van der Waals surface area contributed by atoms with Crippen LogP contribution in [0.1, 0.15) is 13.8 Å². The number of anilines is 1. The molecule has 0 aliphatic carbocycles. The van der Waals surface area contributed by atoms with Gasteiger partial charge in [-0.1, -0.05) is 0 Å². The average molecular weight is 270 g/mol. The lowest BCUT2D eigenvalue weighted by molar-refractivity contribution is 0.0845. The number of rotatable bonds is 5. The number of hydrogen-bond acceptors (Lipinski definition) is 5. The van der Waals surface area contributed by atoms with Crippen LogP contribution in [0.2, 0.25) is 5.28 Å². The first-order chi connectivity index (χ1) is 8.58. The lowest BCUT2D eigenvalue weighted by Gasteiger charge is -2.19. The van der Waals surface area contributed by atoms with Crippen molar-refractivity contribution < 1.29 is 4.74 Å². The van der Waals surface area contributed by atoms with Crippen molar-refractivity contribution in [3.05, 3.63) is 11.5 Å². The second-order valence-electron chi connectivity index (χ2n) is 4.29. The maximum Gasteiger partial charge on any atom is 0.226 e. The number of ether oxygens (including phenoxy) is 1. The Hall–Kier alpha value is -1.40. The minimum Gasteiger partial charge on any atom is -0.377 e. The van der Waals surface area contributed by atoms with E-state index in [0.717, 1.165) is 17.7 Å². The summed E-state index contributed by atoms with van der Waals surface area (Å²) in [6.45, 7) is 5.38. The van der Waals surface area contributed by atoms with Crippen molar-refractivity contribution in [3.8, 4) is 0 Å². The highest BCUT2D eigenvalue weighted by Crippen LogP contribution is 2.22. The summed E-state index contributed by atoms with van der Waals surface area (Å²) in [7, 11) is 1.94. The first-order valence-electron chi connectivity index (χ1n) is 5.77. The number of aromatic amines is 1. The van der Waals surface area contributed by atoms with Gasteiger partial charge in [0.05, 0.1) is 24.3 Å². The molecule has 0 aliphatic rings. The van der Waals surface area contributed by atoms with Crippen LogP contribution in [0.4, 0.5) is 5.82 Å². The number of aromatic nitrogens is 4. The van der Waals surface area contributed by atoms with Gasteiger partial charge in [0.15, 0.2) is 5.65 Å². The predicted molar refractivity (Wildman–Crippen MR) is 71.1 cm³/mol. The minimum absolute atomic E-state index is 0.207. The monoisotopic (exact) mass is 269 g/mol. The highest BCUT2D eigenvalue weighted by Gasteiger charge is 2.12. The second-order valence-corrected chi connectivity index (χ2v) is 4.63. The Morgan fingerprint density at radius 2 is 2.22 bits per heavy atom. The highest BCUT2D eigenvalue weighted by molar-refractivity contribution is 6.28. The average Bonchev–Trinajstić information content (AvgIpc) is 2.74. The Morgan fingerprint density at radius 1 is 1.44 bits per heavy atom. The Kier molecular flexibility index (Phi) is 3.98. The molecule has 18 heavy (non-hydrogen) atoms. The Balaban J connectivity index is 2.16. The van der Waals surface area contributed by atoms with E-state index in [4.69, 9.17) is 16.3 Å². The molecule has 7 heteroatoms. The minimum atomic E-state index is 0.207. The van der Waals surface area contributed by atoms with Crippen molar-refractivity contribution in [2.45, 2.75) is 20.0 Å². The molecule has 0 amide bonds. The molecule has 2 aromatic heterocycles. The molecular weight excluding hydrogens is 254 g/mol. The SMILES string of the molecule is CC(C)OCCN(C)c1nc(Cl)nc2[nH]ncc12. The third-order valence-corrected chi connectivity index (χ3v) is 2.67. The number of likely N-dealkylation sites (N-methyl/N-ethyl adjacent to an activating group) is 1. The third kappa shape index (κ3) is 2.88. The van der Waals surface area contributed by atoms with Gasteiger partial charge in [-0.05, 0) is 25.4 Å². The standard InChI is InChI=1S/C11H16ClN5O/c1-7(2)18-5-4-17(3)10-8-6-13-16-9(8)14-11(12)15-10/h6-7H,4-5H2,1-3H3,(H,13,14,15,16). The van der Waals surface area contributed by atoms with Gasteiger partial charge in [0.25, 0.3) is 0 Å². The van der Waals surface area contributed by atoms with Gasteiger partial charge in [0.1, 0.15) is 5.82 Å². The maximum atomic E-state index is 5.88. The van der Waals surface area contributed by atoms with Crippen molar-refractivity contribution in [1.82, 2.24) is 20.2 Å². The van der Waals surface area contributed by atoms with Crippen LogP contribution in [0.15, 0.2) is 6.20 Å². The summed E-state index contributed by atoms with van der Waals surface area (Å²) in [4.78, 5) is 10.3. The first-order valence-corrected chi connectivity index (χ1v) is 6.15. The first kappa shape index (κ1) is 13.0. The maximum absolute atomic E-state index is 5.88. The summed E-state index contributed by atoms with van der Waals surface area (Å²) in [6, 6.07) is 0. The molecule has 0 radical (unpaired) electrons. The molecule has 0 unspecified atom stereocenters. The molecule has 2 aromatic rings. The molecule has 2 rings (SSSR count). The van der Waals surface area contributed by atoms with E-state index in [1.807, 2.05) is 25.8 Å². The van der Waals surface area contributed by atoms with Crippen LogP contribution < -0.4 is 4.90 Å². The van der Waals surface area contributed by atoms with Crippen LogP contribution in [0.5, 0.6) is 0 Å². The van der Waals surface area contributed by atoms with Crippen LogP contribution in [0.3, 0.4) is 0 Å². The Morgan fingerprint density at radius 3 is 2.94 bits per heavy atom. The second kappa shape index (κ2) is 5.49. The molecule has 0 bridgehead atoms. The van der Waals surface area contributed by atoms with Crippen molar-refractivity contribution in [1.29, 1.82) is 0 Å². The normalized spacial score (nSPS) is 11.4. The molecule has 0 aliphatic heterocycles. The fourth-order valence-electron chi connectivity index (χ4n) is 1.62. The van der Waals surface area contributed by atoms with Gasteiger partial charge >= 0.3 is 0 Å². The van der Waals surface area contributed by atoms with E-state index in [-0.39, 0.29) is 11.4 Å². The van der Waals surface area contributed by atoms with Crippen LogP contribution in [-0.2, 0) is 4.74 Å². The van der Waals surface area contributed by atoms with E-state index in [0.29, 0.717) is 12.3 Å². The zero-order valence-electron chi connectivity index (χ0n) is 10.6. The largest absolute Gasteiger partial charge is 0.377 e. The highest BCUT2D eigenvalue weighted by atomic mass is 35.5. The number of hydrogen-bond donors (Lipinski definition) is 1. The van der Waals surface area contributed by atoms with Crippen molar-refractivity contribution >= 4 is 28.5 Å². The van der Waals surface area contributed by atoms with E-state index in [1.165, 1.54) is 0 Å². The van der Waals surface area contributed by atoms with Crippen LogP contribution in [0.25, 0.3) is 11.0 Å². The quantitative estimate of drug-likeness (QED) is 0.840. The number of halogens is 1. The molecular formula is C11H16ClN5O. The number of H-pyrrole nitrogens is 1. The lowest BCUT2D eigenvalue weighted by atomic mass is 10.3. The Bertz CT molecular complexity index is 527. The van der Waals surface area contributed by atoms with E-state index in [2.05, 4.69) is 20.2 Å². The lowest BCUT2D eigenvalue weighted by Crippen LogP contribution is -2.25. The van der Waals surface area contributed by atoms with Crippen molar-refractivity contribution in [2.75, 3.05) is 25.1 Å². The summed E-state index contributed by atoms with van der Waals surface area (Å²) in [5, 5.41) is 7.80. The van der Waals surface area contributed by atoms with E-state index >= 15 is 0 Å². The molecule has 98 valence electrons. The van der Waals surface area contributed by atoms with Gasteiger partial charge in [-0.25, -0.2) is 0 Å². The summed E-state index contributed by atoms with van der Waals surface area (Å²) >= 11 is 5.88. The van der Waals surface area contributed by atoms with E-state index < -0.39 is 0 Å². The van der Waals surface area contributed by atoms with Crippen molar-refractivity contribution in [3.63, 3.8) is 0 Å². The van der Waals surface area contributed by atoms with Gasteiger partial charge in [-0.15, -0.1) is 0 Å². The van der Waals surface area contributed by atoms with Gasteiger partial charge in [-0.3, -0.25) is 5.10 Å². The summed E-state index contributed by atoms with van der Waals surface area (Å²) < 4.78 is 5.52. The summed E-state index contributed by atoms with van der Waals surface area (Å²) in [5.41, 5.74) is 0.640. The molecule has 0 fully saturated rings. The molecule has 0 saturated heterocycles. The Labute approximate surface area is 110 Å². The number of nitrogens with one attached hydrogen (secondary N) is 1. The molecule has 2 heterocycles. The zero-order valence-corrected chi connectivity index (χ0v) is 11.4. The molecule has 0 aromatic carbocycles. The van der Waals surface area contributed by atoms with Gasteiger partial charge in [-0.2, -0.15) is 15.1 Å². The summed E-state index contributed by atoms with van der Waals surface area (Å²) in [5.74, 6) is 0.756. The zero-order chi connectivity index (χ0) is 13.1. The third-order valence-electron chi connectivity index (χ3n) is 2.50. The topological polar surface area (TPSA) is 66.9 Å². The summed E-state index contributed by atoms with van der Waals surface area (Å²) in [6.07, 6.45) is 1.92. The fraction of sp³-hybridized carbons (Fsp3) is 0.545. The van der Waals surface area contributed by atoms with Crippen LogP contribution >= 0.6 is 11.6 Å². The van der Waals surface area contributed by atoms with Gasteiger partial charge < -0.3 is 9.64 Å². The predicted octanol–water partition coefficient (Wildman–Crippen LogP) is 1.87. The van der Waals surface area contributed by atoms with Crippen LogP contribution in [-0.4, -0.2) is 46.5 Å². The van der Waals surface area contributed by atoms with E-state index in [1.54, 1.807) is 6.20 Å². The molecule has 1 N–H and O–H groups in total. The van der Waals surface area contributed by atoms with Crippen molar-refractivity contribution in [2.24, 2.45) is 0 Å². The van der Waals surface area contributed by atoms with Gasteiger partial charge in [0.2, 0.25) is 5.28 Å². The fourth-order valence-corrected chi connectivity index (χ4v) is 1.78. The van der Waals surface area contributed by atoms with E-state index in [9.17, 15) is 0 Å². The molecule has 0 atom stereocenters.